The molecule has 2 aromatic rings. The molecule has 0 N–H and O–H groups in total. The minimum absolute atomic E-state index is 0.254. The van der Waals surface area contributed by atoms with Crippen molar-refractivity contribution in [1.29, 1.82) is 5.26 Å². The number of nitrogens with zero attached hydrogens (tertiary/aromatic N) is 1. The van der Waals surface area contributed by atoms with Gasteiger partial charge in [-0.1, -0.05) is 48.5 Å². The summed E-state index contributed by atoms with van der Waals surface area (Å²) in [4.78, 5) is 0. The van der Waals surface area contributed by atoms with Crippen LogP contribution >= 0.6 is 0 Å². The number of hydrogen-bond donors (Lipinski definition) is 0. The van der Waals surface area contributed by atoms with Crippen molar-refractivity contribution in [2.45, 2.75) is 26.2 Å². The number of hydrogen-bond acceptors (Lipinski definition) is 1. The van der Waals surface area contributed by atoms with Crippen LogP contribution in [0.5, 0.6) is 0 Å². The maximum atomic E-state index is 9.69. The summed E-state index contributed by atoms with van der Waals surface area (Å²) in [5.41, 5.74) is 5.02. The lowest BCUT2D eigenvalue weighted by Crippen LogP contribution is -2.22. The van der Waals surface area contributed by atoms with Crippen molar-refractivity contribution in [2.75, 3.05) is 0 Å². The molecule has 0 saturated heterocycles. The highest BCUT2D eigenvalue weighted by atomic mass is 14.4. The largest absolute Gasteiger partial charge is 0.198 e. The smallest absolute Gasteiger partial charge is 0.0700 e. The van der Waals surface area contributed by atoms with Gasteiger partial charge in [-0.2, -0.15) is 5.26 Å². The van der Waals surface area contributed by atoms with Crippen LogP contribution in [0.25, 0.3) is 0 Å². The normalized spacial score (nSPS) is 15.8. The summed E-state index contributed by atoms with van der Waals surface area (Å²) in [7, 11) is 0. The summed E-state index contributed by atoms with van der Waals surface area (Å²) in [6, 6.07) is 19.5. The Morgan fingerprint density at radius 2 is 1.58 bits per heavy atom. The highest BCUT2D eigenvalue weighted by Crippen LogP contribution is 2.39. The predicted octanol–water partition coefficient (Wildman–Crippen LogP) is 3.85. The Bertz CT molecular complexity index is 624. The highest BCUT2D eigenvalue weighted by molar-refractivity contribution is 5.39. The van der Waals surface area contributed by atoms with Crippen LogP contribution in [0.1, 0.15) is 22.3 Å². The average Bonchev–Trinajstić information content (AvgIpc) is 2.80. The molecule has 1 aliphatic carbocycles. The van der Waals surface area contributed by atoms with Gasteiger partial charge in [0.05, 0.1) is 11.5 Å². The lowest BCUT2D eigenvalue weighted by molar-refractivity contribution is 0.417. The molecule has 1 nitrogen and oxygen atoms in total. The van der Waals surface area contributed by atoms with Gasteiger partial charge in [-0.15, -0.1) is 0 Å². The van der Waals surface area contributed by atoms with E-state index in [1.54, 1.807) is 0 Å². The molecule has 94 valence electrons. The van der Waals surface area contributed by atoms with Crippen molar-refractivity contribution in [3.8, 4) is 6.07 Å². The quantitative estimate of drug-likeness (QED) is 0.790. The molecule has 1 heteroatoms. The molecule has 0 saturated carbocycles. The van der Waals surface area contributed by atoms with Crippen LogP contribution in [-0.2, 0) is 19.3 Å². The van der Waals surface area contributed by atoms with E-state index in [2.05, 4.69) is 61.5 Å². The minimum atomic E-state index is -0.254. The summed E-state index contributed by atoms with van der Waals surface area (Å²) in [5, 5.41) is 9.69. The number of rotatable bonds is 2. The van der Waals surface area contributed by atoms with Gasteiger partial charge in [0, 0.05) is 0 Å². The van der Waals surface area contributed by atoms with E-state index in [1.807, 2.05) is 0 Å². The molecule has 0 spiro atoms. The zero-order valence-electron chi connectivity index (χ0n) is 11.2. The lowest BCUT2D eigenvalue weighted by Gasteiger charge is -2.21. The third-order valence-electron chi connectivity index (χ3n) is 4.20. The molecule has 0 heterocycles. The number of fused-ring (bicyclic) bond motifs is 1. The lowest BCUT2D eigenvalue weighted by atomic mass is 9.79. The van der Waals surface area contributed by atoms with Gasteiger partial charge in [0.1, 0.15) is 0 Å². The maximum Gasteiger partial charge on any atom is 0.0700 e. The van der Waals surface area contributed by atoms with Gasteiger partial charge in [0.25, 0.3) is 0 Å². The Hall–Kier alpha value is -2.07. The summed E-state index contributed by atoms with van der Waals surface area (Å²) in [6.07, 6.45) is 2.62. The van der Waals surface area contributed by atoms with Crippen molar-refractivity contribution in [2.24, 2.45) is 5.41 Å². The fourth-order valence-corrected chi connectivity index (χ4v) is 3.11. The van der Waals surface area contributed by atoms with Crippen LogP contribution in [0.15, 0.2) is 48.5 Å². The minimum Gasteiger partial charge on any atom is -0.198 e. The molecule has 0 radical (unpaired) electrons. The highest BCUT2D eigenvalue weighted by Gasteiger charge is 2.37. The summed E-state index contributed by atoms with van der Waals surface area (Å²) < 4.78 is 0. The first-order valence-corrected chi connectivity index (χ1v) is 6.75. The standard InChI is InChI=1S/C18H17N/c1-14-6-2-3-7-15(14)10-18(13-19)11-16-8-4-5-9-17(16)12-18/h2-9H,10-12H2,1H3. The van der Waals surface area contributed by atoms with E-state index in [1.165, 1.54) is 22.3 Å². The van der Waals surface area contributed by atoms with Crippen molar-refractivity contribution in [3.63, 3.8) is 0 Å². The number of aryl methyl sites for hydroxylation is 1. The Morgan fingerprint density at radius 1 is 1.00 bits per heavy atom. The topological polar surface area (TPSA) is 23.8 Å². The Kier molecular flexibility index (Phi) is 2.87. The number of benzene rings is 2. The van der Waals surface area contributed by atoms with Gasteiger partial charge < -0.3 is 0 Å². The van der Waals surface area contributed by atoms with Crippen LogP contribution in [-0.4, -0.2) is 0 Å². The first kappa shape index (κ1) is 12.0. The molecular formula is C18H17N. The van der Waals surface area contributed by atoms with Crippen LogP contribution in [0.4, 0.5) is 0 Å². The van der Waals surface area contributed by atoms with E-state index in [4.69, 9.17) is 0 Å². The van der Waals surface area contributed by atoms with E-state index >= 15 is 0 Å². The van der Waals surface area contributed by atoms with Crippen LogP contribution in [0.2, 0.25) is 0 Å². The fourth-order valence-electron chi connectivity index (χ4n) is 3.11. The molecule has 0 unspecified atom stereocenters. The molecule has 0 aliphatic heterocycles. The zero-order valence-corrected chi connectivity index (χ0v) is 11.2. The van der Waals surface area contributed by atoms with Crippen molar-refractivity contribution < 1.29 is 0 Å². The summed E-state index contributed by atoms with van der Waals surface area (Å²) in [6.45, 7) is 2.13. The molecular weight excluding hydrogens is 230 g/mol. The van der Waals surface area contributed by atoms with Crippen LogP contribution in [0, 0.1) is 23.7 Å². The maximum absolute atomic E-state index is 9.69. The Morgan fingerprint density at radius 3 is 2.16 bits per heavy atom. The molecule has 3 rings (SSSR count). The Labute approximate surface area is 114 Å². The van der Waals surface area contributed by atoms with E-state index in [0.717, 1.165) is 19.3 Å². The van der Waals surface area contributed by atoms with Crippen molar-refractivity contribution in [3.05, 3.63) is 70.8 Å². The first-order valence-electron chi connectivity index (χ1n) is 6.75. The average molecular weight is 247 g/mol. The number of nitriles is 1. The molecule has 1 aliphatic rings. The van der Waals surface area contributed by atoms with Gasteiger partial charge in [-0.25, -0.2) is 0 Å². The van der Waals surface area contributed by atoms with Gasteiger partial charge in [-0.3, -0.25) is 0 Å². The van der Waals surface area contributed by atoms with Gasteiger partial charge in [0.2, 0.25) is 0 Å². The first-order chi connectivity index (χ1) is 9.22. The van der Waals surface area contributed by atoms with Crippen LogP contribution in [0.3, 0.4) is 0 Å². The van der Waals surface area contributed by atoms with Gasteiger partial charge in [-0.05, 0) is 48.4 Å². The second kappa shape index (κ2) is 4.55. The van der Waals surface area contributed by atoms with E-state index in [-0.39, 0.29) is 5.41 Å². The van der Waals surface area contributed by atoms with E-state index in [9.17, 15) is 5.26 Å². The Balaban J connectivity index is 1.92. The zero-order chi connectivity index (χ0) is 13.3. The molecule has 19 heavy (non-hydrogen) atoms. The van der Waals surface area contributed by atoms with Gasteiger partial charge in [0.15, 0.2) is 0 Å². The van der Waals surface area contributed by atoms with Gasteiger partial charge >= 0.3 is 0 Å². The second-order valence-electron chi connectivity index (χ2n) is 5.62. The summed E-state index contributed by atoms with van der Waals surface area (Å²) in [5.74, 6) is 0. The molecule has 0 aromatic heterocycles. The third kappa shape index (κ3) is 2.15. The summed E-state index contributed by atoms with van der Waals surface area (Å²) >= 11 is 0. The molecule has 0 fully saturated rings. The van der Waals surface area contributed by atoms with Crippen molar-refractivity contribution >= 4 is 0 Å². The molecule has 0 amide bonds. The molecule has 0 atom stereocenters. The van der Waals surface area contributed by atoms with Crippen LogP contribution < -0.4 is 0 Å². The van der Waals surface area contributed by atoms with E-state index in [0.29, 0.717) is 0 Å². The fraction of sp³-hybridized carbons (Fsp3) is 0.278. The predicted molar refractivity (Wildman–Crippen MR) is 76.8 cm³/mol. The van der Waals surface area contributed by atoms with Crippen molar-refractivity contribution in [1.82, 2.24) is 0 Å². The third-order valence-corrected chi connectivity index (χ3v) is 4.20. The molecule has 0 bridgehead atoms. The molecule has 2 aromatic carbocycles. The SMILES string of the molecule is Cc1ccccc1CC1(C#N)Cc2ccccc2C1. The van der Waals surface area contributed by atoms with E-state index < -0.39 is 0 Å². The second-order valence-corrected chi connectivity index (χ2v) is 5.62. The monoisotopic (exact) mass is 247 g/mol.